The van der Waals surface area contributed by atoms with E-state index >= 15 is 0 Å². The minimum Gasteiger partial charge on any atom is -0.478 e. The van der Waals surface area contributed by atoms with Crippen LogP contribution in [0.1, 0.15) is 32.1 Å². The van der Waals surface area contributed by atoms with E-state index in [1.165, 1.54) is 12.1 Å². The summed E-state index contributed by atoms with van der Waals surface area (Å²) in [6.07, 6.45) is 3.21. The van der Waals surface area contributed by atoms with E-state index in [0.29, 0.717) is 12.2 Å². The number of ether oxygens (including phenoxy) is 1. The number of hydrogen-bond acceptors (Lipinski definition) is 3. The van der Waals surface area contributed by atoms with Gasteiger partial charge in [0.2, 0.25) is 0 Å². The summed E-state index contributed by atoms with van der Waals surface area (Å²) in [5, 5.41) is 2.83. The number of para-hydroxylation sites is 1. The minimum absolute atomic E-state index is 0.0613. The number of imidazole rings is 1. The molecule has 2 unspecified atom stereocenters. The van der Waals surface area contributed by atoms with Crippen molar-refractivity contribution in [1.29, 1.82) is 0 Å². The molecular weight excluding hydrogens is 273 g/mol. The number of rotatable bonds is 6. The first kappa shape index (κ1) is 15.0. The van der Waals surface area contributed by atoms with Crippen molar-refractivity contribution in [2.45, 2.75) is 32.4 Å². The number of hydrogen-bond donors (Lipinski definition) is 2. The lowest BCUT2D eigenvalue weighted by Crippen LogP contribution is -2.39. The Morgan fingerprint density at radius 2 is 2.24 bits per heavy atom. The summed E-state index contributed by atoms with van der Waals surface area (Å²) in [5.74, 6) is -0.0631. The number of amides is 1. The monoisotopic (exact) mass is 291 g/mol. The molecule has 0 radical (unpaired) electrons. The number of aromatic amines is 1. The summed E-state index contributed by atoms with van der Waals surface area (Å²) in [4.78, 5) is 19.2. The van der Waals surface area contributed by atoms with Crippen LogP contribution < -0.4 is 10.1 Å². The Balaban J connectivity index is 1.98. The maximum atomic E-state index is 13.5. The van der Waals surface area contributed by atoms with Gasteiger partial charge in [-0.25, -0.2) is 9.37 Å². The van der Waals surface area contributed by atoms with Crippen molar-refractivity contribution in [3.8, 4) is 5.75 Å². The van der Waals surface area contributed by atoms with E-state index in [2.05, 4.69) is 15.3 Å². The van der Waals surface area contributed by atoms with E-state index in [0.717, 1.165) is 0 Å². The fourth-order valence-electron chi connectivity index (χ4n) is 1.91. The van der Waals surface area contributed by atoms with Gasteiger partial charge in [0.25, 0.3) is 5.91 Å². The molecule has 2 atom stereocenters. The van der Waals surface area contributed by atoms with E-state index < -0.39 is 11.9 Å². The van der Waals surface area contributed by atoms with Crippen LogP contribution in [-0.4, -0.2) is 22.0 Å². The van der Waals surface area contributed by atoms with Gasteiger partial charge in [0.1, 0.15) is 5.82 Å². The first-order valence-electron chi connectivity index (χ1n) is 6.82. The molecule has 2 aromatic rings. The summed E-state index contributed by atoms with van der Waals surface area (Å²) in [5.41, 5.74) is 0. The fraction of sp³-hybridized carbons (Fsp3) is 0.333. The largest absolute Gasteiger partial charge is 0.478 e. The lowest BCUT2D eigenvalue weighted by molar-refractivity contribution is -0.128. The molecule has 0 aliphatic carbocycles. The average Bonchev–Trinajstić information content (AvgIpc) is 3.00. The minimum atomic E-state index is -0.800. The molecule has 5 nitrogen and oxygen atoms in total. The summed E-state index contributed by atoms with van der Waals surface area (Å²) in [7, 11) is 0. The zero-order valence-electron chi connectivity index (χ0n) is 12.0. The highest BCUT2D eigenvalue weighted by Crippen LogP contribution is 2.18. The number of nitrogens with zero attached hydrogens (tertiary/aromatic N) is 1. The molecule has 112 valence electrons. The maximum absolute atomic E-state index is 13.5. The zero-order valence-corrected chi connectivity index (χ0v) is 12.0. The van der Waals surface area contributed by atoms with Crippen molar-refractivity contribution in [1.82, 2.24) is 15.3 Å². The Hall–Kier alpha value is -2.37. The van der Waals surface area contributed by atoms with Gasteiger partial charge in [-0.2, -0.15) is 0 Å². The quantitative estimate of drug-likeness (QED) is 0.859. The van der Waals surface area contributed by atoms with Crippen molar-refractivity contribution in [2.24, 2.45) is 0 Å². The van der Waals surface area contributed by atoms with Crippen molar-refractivity contribution in [3.05, 3.63) is 48.3 Å². The molecule has 0 fully saturated rings. The molecular formula is C15H18FN3O2. The van der Waals surface area contributed by atoms with Gasteiger partial charge in [-0.05, 0) is 25.5 Å². The molecule has 21 heavy (non-hydrogen) atoms. The van der Waals surface area contributed by atoms with Gasteiger partial charge in [-0.15, -0.1) is 0 Å². The number of benzene rings is 1. The smallest absolute Gasteiger partial charge is 0.261 e. The van der Waals surface area contributed by atoms with Crippen molar-refractivity contribution >= 4 is 5.91 Å². The molecule has 2 rings (SSSR count). The van der Waals surface area contributed by atoms with Crippen LogP contribution >= 0.6 is 0 Å². The number of nitrogens with one attached hydrogen (secondary N) is 2. The highest BCUT2D eigenvalue weighted by Gasteiger charge is 2.21. The second-order valence-electron chi connectivity index (χ2n) is 4.63. The maximum Gasteiger partial charge on any atom is 0.261 e. The van der Waals surface area contributed by atoms with Crippen LogP contribution in [0.25, 0.3) is 0 Å². The molecule has 0 aliphatic rings. The number of carbonyl (C=O) groups is 1. The van der Waals surface area contributed by atoms with Crippen LogP contribution in [0.15, 0.2) is 36.7 Å². The molecule has 0 saturated carbocycles. The van der Waals surface area contributed by atoms with Crippen LogP contribution in [0.5, 0.6) is 5.75 Å². The topological polar surface area (TPSA) is 67.0 Å². The Labute approximate surface area is 122 Å². The second-order valence-corrected chi connectivity index (χ2v) is 4.63. The lowest BCUT2D eigenvalue weighted by atomic mass is 10.2. The predicted octanol–water partition coefficient (Wildman–Crippen LogP) is 2.58. The van der Waals surface area contributed by atoms with Crippen LogP contribution in [-0.2, 0) is 4.79 Å². The Morgan fingerprint density at radius 1 is 1.48 bits per heavy atom. The van der Waals surface area contributed by atoms with Crippen molar-refractivity contribution < 1.29 is 13.9 Å². The summed E-state index contributed by atoms with van der Waals surface area (Å²) in [6, 6.07) is 5.78. The van der Waals surface area contributed by atoms with Gasteiger partial charge >= 0.3 is 0 Å². The molecule has 2 N–H and O–H groups in total. The van der Waals surface area contributed by atoms with Crippen LogP contribution in [0.2, 0.25) is 0 Å². The van der Waals surface area contributed by atoms with Crippen LogP contribution in [0, 0.1) is 5.82 Å². The molecule has 1 heterocycles. The van der Waals surface area contributed by atoms with E-state index in [9.17, 15) is 9.18 Å². The Kier molecular flexibility index (Phi) is 4.92. The lowest BCUT2D eigenvalue weighted by Gasteiger charge is -2.19. The number of H-pyrrole nitrogens is 1. The third-order valence-corrected chi connectivity index (χ3v) is 3.08. The highest BCUT2D eigenvalue weighted by molar-refractivity contribution is 5.81. The molecule has 0 aliphatic heterocycles. The van der Waals surface area contributed by atoms with Gasteiger partial charge in [0.15, 0.2) is 17.7 Å². The van der Waals surface area contributed by atoms with Gasteiger partial charge < -0.3 is 15.0 Å². The SMILES string of the molecule is CCC(NC(=O)C(C)Oc1ccccc1F)c1ncc[nH]1. The standard InChI is InChI=1S/C15H18FN3O2/c1-3-12(14-17-8-9-18-14)19-15(20)10(2)21-13-7-5-4-6-11(13)16/h4-10,12H,3H2,1-2H3,(H,17,18)(H,19,20). The van der Waals surface area contributed by atoms with Crippen LogP contribution in [0.4, 0.5) is 4.39 Å². The molecule has 0 saturated heterocycles. The normalized spacial score (nSPS) is 13.5. The first-order valence-corrected chi connectivity index (χ1v) is 6.82. The fourth-order valence-corrected chi connectivity index (χ4v) is 1.91. The van der Waals surface area contributed by atoms with Gasteiger partial charge in [-0.1, -0.05) is 19.1 Å². The second kappa shape index (κ2) is 6.88. The molecule has 0 bridgehead atoms. The third kappa shape index (κ3) is 3.81. The van der Waals surface area contributed by atoms with Crippen molar-refractivity contribution in [2.75, 3.05) is 0 Å². The Morgan fingerprint density at radius 3 is 2.86 bits per heavy atom. The van der Waals surface area contributed by atoms with E-state index in [4.69, 9.17) is 4.74 Å². The Bertz CT molecular complexity index is 586. The molecule has 1 aromatic heterocycles. The average molecular weight is 291 g/mol. The predicted molar refractivity (Wildman–Crippen MR) is 76.3 cm³/mol. The number of aromatic nitrogens is 2. The van der Waals surface area contributed by atoms with Gasteiger partial charge in [-0.3, -0.25) is 4.79 Å². The summed E-state index contributed by atoms with van der Waals surface area (Å²) >= 11 is 0. The van der Waals surface area contributed by atoms with E-state index in [1.807, 2.05) is 6.92 Å². The number of halogens is 1. The number of carbonyl (C=O) groups excluding carboxylic acids is 1. The molecule has 1 amide bonds. The third-order valence-electron chi connectivity index (χ3n) is 3.08. The first-order chi connectivity index (χ1) is 10.1. The molecule has 6 heteroatoms. The molecule has 0 spiro atoms. The van der Waals surface area contributed by atoms with Gasteiger partial charge in [0.05, 0.1) is 6.04 Å². The molecule has 1 aromatic carbocycles. The van der Waals surface area contributed by atoms with E-state index in [-0.39, 0.29) is 17.7 Å². The zero-order chi connectivity index (χ0) is 15.2. The van der Waals surface area contributed by atoms with Crippen molar-refractivity contribution in [3.63, 3.8) is 0 Å². The highest BCUT2D eigenvalue weighted by atomic mass is 19.1. The summed E-state index contributed by atoms with van der Waals surface area (Å²) in [6.45, 7) is 3.52. The van der Waals surface area contributed by atoms with Gasteiger partial charge in [0, 0.05) is 12.4 Å². The van der Waals surface area contributed by atoms with Crippen LogP contribution in [0.3, 0.4) is 0 Å². The summed E-state index contributed by atoms with van der Waals surface area (Å²) < 4.78 is 18.8. The van der Waals surface area contributed by atoms with E-state index in [1.54, 1.807) is 31.5 Å².